The Balaban J connectivity index is 2.01. The first kappa shape index (κ1) is 16.8. The summed E-state index contributed by atoms with van der Waals surface area (Å²) < 4.78 is 16.1. The maximum atomic E-state index is 11.7. The molecule has 0 radical (unpaired) electrons. The zero-order valence-corrected chi connectivity index (χ0v) is 13.7. The molecule has 0 N–H and O–H groups in total. The molecule has 0 unspecified atom stereocenters. The van der Waals surface area contributed by atoms with Crippen molar-refractivity contribution in [3.05, 3.63) is 39.2 Å². The second-order valence-corrected chi connectivity index (χ2v) is 5.59. The van der Waals surface area contributed by atoms with E-state index in [1.807, 2.05) is 18.2 Å². The van der Waals surface area contributed by atoms with Gasteiger partial charge in [0.15, 0.2) is 11.3 Å². The molecule has 0 aliphatic carbocycles. The monoisotopic (exact) mass is 324 g/mol. The first-order chi connectivity index (χ1) is 10.6. The van der Waals surface area contributed by atoms with E-state index in [1.54, 1.807) is 14.0 Å². The summed E-state index contributed by atoms with van der Waals surface area (Å²) in [7, 11) is 1.71. The van der Waals surface area contributed by atoms with Gasteiger partial charge in [-0.3, -0.25) is 0 Å². The number of fused-ring (bicyclic) bond motifs is 1. The van der Waals surface area contributed by atoms with Crippen LogP contribution in [0, 0.1) is 6.92 Å². The number of unbranched alkanes of at least 4 members (excludes halogenated alkanes) is 3. The van der Waals surface area contributed by atoms with Crippen LogP contribution < -0.4 is 10.4 Å². The number of benzene rings is 1. The molecule has 2 rings (SSSR count). The number of ether oxygens (including phenoxy) is 2. The van der Waals surface area contributed by atoms with Crippen LogP contribution in [0.15, 0.2) is 27.4 Å². The molecule has 22 heavy (non-hydrogen) atoms. The minimum absolute atomic E-state index is 0.128. The second kappa shape index (κ2) is 8.20. The molecule has 0 saturated heterocycles. The molecular weight excluding hydrogens is 304 g/mol. The van der Waals surface area contributed by atoms with Gasteiger partial charge in [0.2, 0.25) is 0 Å². The van der Waals surface area contributed by atoms with E-state index in [4.69, 9.17) is 25.5 Å². The molecule has 0 aliphatic rings. The Hall–Kier alpha value is -1.52. The molecule has 0 spiro atoms. The highest BCUT2D eigenvalue weighted by Crippen LogP contribution is 2.29. The molecular formula is C17H21ClO4. The fourth-order valence-electron chi connectivity index (χ4n) is 2.32. The van der Waals surface area contributed by atoms with Crippen LogP contribution in [-0.4, -0.2) is 20.3 Å². The van der Waals surface area contributed by atoms with E-state index >= 15 is 0 Å². The molecule has 2 aromatic rings. The fourth-order valence-corrected chi connectivity index (χ4v) is 2.46. The van der Waals surface area contributed by atoms with Crippen molar-refractivity contribution >= 4 is 22.6 Å². The molecule has 1 aromatic heterocycles. The third-order valence-electron chi connectivity index (χ3n) is 3.59. The van der Waals surface area contributed by atoms with Crippen molar-refractivity contribution in [2.75, 3.05) is 20.3 Å². The van der Waals surface area contributed by atoms with Crippen LogP contribution in [0.3, 0.4) is 0 Å². The lowest BCUT2D eigenvalue weighted by Crippen LogP contribution is -2.04. The van der Waals surface area contributed by atoms with Crippen LogP contribution in [0.25, 0.3) is 11.0 Å². The Morgan fingerprint density at radius 2 is 1.86 bits per heavy atom. The maximum Gasteiger partial charge on any atom is 0.355 e. The molecule has 1 aromatic carbocycles. The van der Waals surface area contributed by atoms with Crippen LogP contribution in [0.4, 0.5) is 0 Å². The van der Waals surface area contributed by atoms with Crippen molar-refractivity contribution < 1.29 is 13.9 Å². The quantitative estimate of drug-likeness (QED) is 0.535. The van der Waals surface area contributed by atoms with Crippen LogP contribution in [0.5, 0.6) is 5.75 Å². The Labute approximate surface area is 135 Å². The van der Waals surface area contributed by atoms with Gasteiger partial charge in [-0.2, -0.15) is 0 Å². The predicted molar refractivity (Wildman–Crippen MR) is 88.1 cm³/mol. The molecule has 0 saturated carbocycles. The van der Waals surface area contributed by atoms with E-state index in [9.17, 15) is 4.79 Å². The van der Waals surface area contributed by atoms with Gasteiger partial charge in [0, 0.05) is 19.1 Å². The minimum atomic E-state index is -0.526. The number of hydrogen-bond donors (Lipinski definition) is 0. The standard InChI is InChI=1S/C17H21ClO4/c1-12-13-8-7-9-14(16(13)22-17(19)15(12)18)21-11-6-4-3-5-10-20-2/h7-9H,3-6,10-11H2,1-2H3. The number of halogens is 1. The number of aryl methyl sites for hydroxylation is 1. The summed E-state index contributed by atoms with van der Waals surface area (Å²) in [6.07, 6.45) is 4.23. The highest BCUT2D eigenvalue weighted by molar-refractivity contribution is 6.31. The summed E-state index contributed by atoms with van der Waals surface area (Å²) in [4.78, 5) is 11.7. The van der Waals surface area contributed by atoms with E-state index in [1.165, 1.54) is 0 Å². The lowest BCUT2D eigenvalue weighted by atomic mass is 10.1. The van der Waals surface area contributed by atoms with Crippen molar-refractivity contribution in [3.8, 4) is 5.75 Å². The summed E-state index contributed by atoms with van der Waals surface area (Å²) in [6, 6.07) is 5.56. The third kappa shape index (κ3) is 4.02. The van der Waals surface area contributed by atoms with E-state index in [-0.39, 0.29) is 5.02 Å². The van der Waals surface area contributed by atoms with E-state index in [2.05, 4.69) is 0 Å². The van der Waals surface area contributed by atoms with Crippen molar-refractivity contribution in [2.45, 2.75) is 32.6 Å². The maximum absolute atomic E-state index is 11.7. The van der Waals surface area contributed by atoms with Gasteiger partial charge >= 0.3 is 5.63 Å². The Morgan fingerprint density at radius 1 is 1.14 bits per heavy atom. The molecule has 0 amide bonds. The average molecular weight is 325 g/mol. The van der Waals surface area contributed by atoms with Crippen LogP contribution in [0.1, 0.15) is 31.2 Å². The second-order valence-electron chi connectivity index (χ2n) is 5.22. The zero-order chi connectivity index (χ0) is 15.9. The van der Waals surface area contributed by atoms with Gasteiger partial charge in [0.25, 0.3) is 0 Å². The van der Waals surface area contributed by atoms with E-state index in [0.717, 1.165) is 43.2 Å². The van der Waals surface area contributed by atoms with Gasteiger partial charge in [-0.1, -0.05) is 30.2 Å². The molecule has 120 valence electrons. The molecule has 5 heteroatoms. The number of para-hydroxylation sites is 1. The molecule has 0 fully saturated rings. The third-order valence-corrected chi connectivity index (χ3v) is 4.02. The van der Waals surface area contributed by atoms with Gasteiger partial charge < -0.3 is 13.9 Å². The van der Waals surface area contributed by atoms with Gasteiger partial charge in [0.05, 0.1) is 6.61 Å². The largest absolute Gasteiger partial charge is 0.490 e. The average Bonchev–Trinajstić information content (AvgIpc) is 2.52. The van der Waals surface area contributed by atoms with Crippen molar-refractivity contribution in [3.63, 3.8) is 0 Å². The fraction of sp³-hybridized carbons (Fsp3) is 0.471. The Bertz CT molecular complexity index is 678. The van der Waals surface area contributed by atoms with Crippen molar-refractivity contribution in [1.82, 2.24) is 0 Å². The van der Waals surface area contributed by atoms with Crippen molar-refractivity contribution in [1.29, 1.82) is 0 Å². The predicted octanol–water partition coefficient (Wildman–Crippen LogP) is 4.34. The minimum Gasteiger partial charge on any atom is -0.490 e. The lowest BCUT2D eigenvalue weighted by molar-refractivity contribution is 0.191. The number of rotatable bonds is 8. The topological polar surface area (TPSA) is 48.7 Å². The summed E-state index contributed by atoms with van der Waals surface area (Å²) in [5.41, 5.74) is 0.661. The number of hydrogen-bond acceptors (Lipinski definition) is 4. The van der Waals surface area contributed by atoms with Crippen LogP contribution in [-0.2, 0) is 4.74 Å². The Morgan fingerprint density at radius 3 is 2.59 bits per heavy atom. The molecule has 4 nitrogen and oxygen atoms in total. The van der Waals surface area contributed by atoms with E-state index < -0.39 is 5.63 Å². The molecule has 0 bridgehead atoms. The smallest absolute Gasteiger partial charge is 0.355 e. The summed E-state index contributed by atoms with van der Waals surface area (Å²) >= 11 is 5.94. The molecule has 0 atom stereocenters. The first-order valence-corrected chi connectivity index (χ1v) is 7.86. The van der Waals surface area contributed by atoms with Crippen molar-refractivity contribution in [2.24, 2.45) is 0 Å². The Kier molecular flexibility index (Phi) is 6.28. The van der Waals surface area contributed by atoms with Crippen LogP contribution >= 0.6 is 11.6 Å². The normalized spacial score (nSPS) is 11.0. The number of methoxy groups -OCH3 is 1. The van der Waals surface area contributed by atoms with Crippen LogP contribution in [0.2, 0.25) is 5.02 Å². The first-order valence-electron chi connectivity index (χ1n) is 7.49. The SMILES string of the molecule is COCCCCCCOc1cccc2c(C)c(Cl)c(=O)oc12. The summed E-state index contributed by atoms with van der Waals surface area (Å²) in [5, 5.41) is 0.935. The van der Waals surface area contributed by atoms with E-state index in [0.29, 0.717) is 17.9 Å². The van der Waals surface area contributed by atoms with Gasteiger partial charge in [-0.25, -0.2) is 4.79 Å². The van der Waals surface area contributed by atoms with Gasteiger partial charge in [-0.05, 0) is 37.8 Å². The zero-order valence-electron chi connectivity index (χ0n) is 13.0. The highest BCUT2D eigenvalue weighted by atomic mass is 35.5. The van der Waals surface area contributed by atoms with Gasteiger partial charge in [0.1, 0.15) is 5.02 Å². The lowest BCUT2D eigenvalue weighted by Gasteiger charge is -2.09. The summed E-state index contributed by atoms with van der Waals surface area (Å²) in [6.45, 7) is 3.20. The van der Waals surface area contributed by atoms with Gasteiger partial charge in [-0.15, -0.1) is 0 Å². The highest BCUT2D eigenvalue weighted by Gasteiger charge is 2.12. The molecule has 1 heterocycles. The summed E-state index contributed by atoms with van der Waals surface area (Å²) in [5.74, 6) is 0.589. The molecule has 0 aliphatic heterocycles.